The molecule has 2 aromatic heterocycles. The second kappa shape index (κ2) is 6.39. The summed E-state index contributed by atoms with van der Waals surface area (Å²) >= 11 is 3.33. The van der Waals surface area contributed by atoms with Crippen molar-refractivity contribution in [1.82, 2.24) is 14.8 Å². The molecule has 0 saturated heterocycles. The number of hydrogen-bond acceptors (Lipinski definition) is 3. The van der Waals surface area contributed by atoms with Gasteiger partial charge in [-0.1, -0.05) is 19.3 Å². The molecule has 21 heavy (non-hydrogen) atoms. The van der Waals surface area contributed by atoms with Crippen LogP contribution in [0.5, 0.6) is 0 Å². The lowest BCUT2D eigenvalue weighted by molar-refractivity contribution is 0.102. The molecule has 0 bridgehead atoms. The zero-order valence-corrected chi connectivity index (χ0v) is 13.2. The van der Waals surface area contributed by atoms with E-state index >= 15 is 0 Å². The number of aromatic nitrogens is 3. The molecule has 6 heteroatoms. The second-order valence-electron chi connectivity index (χ2n) is 5.26. The van der Waals surface area contributed by atoms with Crippen molar-refractivity contribution in [3.8, 4) is 0 Å². The molecule has 0 aliphatic heterocycles. The maximum atomic E-state index is 12.2. The van der Waals surface area contributed by atoms with E-state index in [1.165, 1.54) is 32.1 Å². The van der Waals surface area contributed by atoms with Crippen molar-refractivity contribution in [2.75, 3.05) is 5.32 Å². The Bertz CT molecular complexity index is 634. The van der Waals surface area contributed by atoms with E-state index in [1.807, 2.05) is 16.9 Å². The van der Waals surface area contributed by atoms with E-state index in [1.54, 1.807) is 18.3 Å². The predicted molar refractivity (Wildman–Crippen MR) is 84.2 cm³/mol. The molecule has 1 fully saturated rings. The molecule has 0 radical (unpaired) electrons. The molecule has 0 unspecified atom stereocenters. The molecule has 0 spiro atoms. The number of halogens is 1. The van der Waals surface area contributed by atoms with E-state index in [2.05, 4.69) is 31.3 Å². The first kappa shape index (κ1) is 14.3. The first-order chi connectivity index (χ1) is 10.2. The lowest BCUT2D eigenvalue weighted by Crippen LogP contribution is -2.16. The Morgan fingerprint density at radius 1 is 1.29 bits per heavy atom. The van der Waals surface area contributed by atoms with E-state index in [4.69, 9.17) is 0 Å². The SMILES string of the molecule is O=C(Nc1ccn(C2CCCCC2)n1)c1ncccc1Br. The summed E-state index contributed by atoms with van der Waals surface area (Å²) in [7, 11) is 0. The quantitative estimate of drug-likeness (QED) is 0.917. The fraction of sp³-hybridized carbons (Fsp3) is 0.400. The third kappa shape index (κ3) is 3.32. The maximum Gasteiger partial charge on any atom is 0.276 e. The molecule has 2 aromatic rings. The number of amides is 1. The largest absolute Gasteiger partial charge is 0.304 e. The minimum absolute atomic E-state index is 0.253. The van der Waals surface area contributed by atoms with Crippen LogP contribution in [0.4, 0.5) is 5.82 Å². The number of nitrogens with zero attached hydrogens (tertiary/aromatic N) is 3. The number of carbonyl (C=O) groups excluding carboxylic acids is 1. The normalized spacial score (nSPS) is 15.9. The van der Waals surface area contributed by atoms with Gasteiger partial charge in [0.2, 0.25) is 0 Å². The highest BCUT2D eigenvalue weighted by Gasteiger charge is 2.17. The molecule has 0 atom stereocenters. The Balaban J connectivity index is 1.69. The van der Waals surface area contributed by atoms with E-state index in [-0.39, 0.29) is 5.91 Å². The number of rotatable bonds is 3. The zero-order valence-electron chi connectivity index (χ0n) is 11.6. The van der Waals surface area contributed by atoms with E-state index in [9.17, 15) is 4.79 Å². The summed E-state index contributed by atoms with van der Waals surface area (Å²) in [4.78, 5) is 16.2. The fourth-order valence-electron chi connectivity index (χ4n) is 2.68. The summed E-state index contributed by atoms with van der Waals surface area (Å²) < 4.78 is 2.65. The molecule has 2 heterocycles. The van der Waals surface area contributed by atoms with Crippen molar-refractivity contribution >= 4 is 27.7 Å². The molecular formula is C15H17BrN4O. The highest BCUT2D eigenvalue weighted by atomic mass is 79.9. The summed E-state index contributed by atoms with van der Waals surface area (Å²) in [5.41, 5.74) is 0.365. The van der Waals surface area contributed by atoms with Crippen molar-refractivity contribution in [2.24, 2.45) is 0 Å². The van der Waals surface area contributed by atoms with Crippen molar-refractivity contribution in [1.29, 1.82) is 0 Å². The van der Waals surface area contributed by atoms with Crippen molar-refractivity contribution in [3.05, 3.63) is 40.8 Å². The second-order valence-corrected chi connectivity index (χ2v) is 6.12. The van der Waals surface area contributed by atoms with Crippen molar-refractivity contribution in [2.45, 2.75) is 38.1 Å². The van der Waals surface area contributed by atoms with Gasteiger partial charge in [-0.2, -0.15) is 5.10 Å². The van der Waals surface area contributed by atoms with Crippen LogP contribution in [0, 0.1) is 0 Å². The molecule has 0 aromatic carbocycles. The number of hydrogen-bond donors (Lipinski definition) is 1. The minimum atomic E-state index is -0.253. The molecule has 1 amide bonds. The summed E-state index contributed by atoms with van der Waals surface area (Å²) in [6.07, 6.45) is 9.70. The Hall–Kier alpha value is -1.69. The van der Waals surface area contributed by atoms with Gasteiger partial charge in [0.1, 0.15) is 5.69 Å². The van der Waals surface area contributed by atoms with Gasteiger partial charge < -0.3 is 5.32 Å². The van der Waals surface area contributed by atoms with Gasteiger partial charge in [0, 0.05) is 22.9 Å². The number of carbonyl (C=O) groups is 1. The molecule has 1 aliphatic rings. The van der Waals surface area contributed by atoms with Gasteiger partial charge in [-0.05, 0) is 40.9 Å². The summed E-state index contributed by atoms with van der Waals surface area (Å²) in [5.74, 6) is 0.319. The van der Waals surface area contributed by atoms with Crippen LogP contribution in [-0.4, -0.2) is 20.7 Å². The topological polar surface area (TPSA) is 59.8 Å². The van der Waals surface area contributed by atoms with E-state index < -0.39 is 0 Å². The highest BCUT2D eigenvalue weighted by molar-refractivity contribution is 9.10. The van der Waals surface area contributed by atoms with Crippen molar-refractivity contribution in [3.63, 3.8) is 0 Å². The van der Waals surface area contributed by atoms with Gasteiger partial charge in [0.25, 0.3) is 5.91 Å². The van der Waals surface area contributed by atoms with Crippen LogP contribution < -0.4 is 5.32 Å². The maximum absolute atomic E-state index is 12.2. The third-order valence-electron chi connectivity index (χ3n) is 3.77. The first-order valence-electron chi connectivity index (χ1n) is 7.21. The van der Waals surface area contributed by atoms with Crippen LogP contribution in [0.1, 0.15) is 48.6 Å². The van der Waals surface area contributed by atoms with E-state index in [0.29, 0.717) is 22.0 Å². The summed E-state index contributed by atoms with van der Waals surface area (Å²) in [6.45, 7) is 0. The van der Waals surface area contributed by atoms with Crippen molar-refractivity contribution < 1.29 is 4.79 Å². The smallest absolute Gasteiger partial charge is 0.276 e. The van der Waals surface area contributed by atoms with Crippen LogP contribution in [0.25, 0.3) is 0 Å². The van der Waals surface area contributed by atoms with Crippen LogP contribution in [0.3, 0.4) is 0 Å². The summed E-state index contributed by atoms with van der Waals surface area (Å²) in [5, 5.41) is 7.27. The minimum Gasteiger partial charge on any atom is -0.304 e. The molecule has 3 rings (SSSR count). The Kier molecular flexibility index (Phi) is 4.34. The third-order valence-corrected chi connectivity index (χ3v) is 4.41. The van der Waals surface area contributed by atoms with E-state index in [0.717, 1.165) is 0 Å². The molecule has 110 valence electrons. The van der Waals surface area contributed by atoms with Gasteiger partial charge in [0.15, 0.2) is 5.82 Å². The fourth-order valence-corrected chi connectivity index (χ4v) is 3.12. The average molecular weight is 349 g/mol. The lowest BCUT2D eigenvalue weighted by Gasteiger charge is -2.21. The van der Waals surface area contributed by atoms with Crippen LogP contribution >= 0.6 is 15.9 Å². The van der Waals surface area contributed by atoms with Gasteiger partial charge in [-0.25, -0.2) is 4.98 Å². The molecule has 1 saturated carbocycles. The van der Waals surface area contributed by atoms with Gasteiger partial charge in [-0.15, -0.1) is 0 Å². The first-order valence-corrected chi connectivity index (χ1v) is 8.00. The molecule has 1 N–H and O–H groups in total. The number of anilines is 1. The zero-order chi connectivity index (χ0) is 14.7. The number of pyridine rings is 1. The lowest BCUT2D eigenvalue weighted by atomic mass is 9.96. The van der Waals surface area contributed by atoms with Crippen LogP contribution in [0.15, 0.2) is 35.1 Å². The Morgan fingerprint density at radius 2 is 2.10 bits per heavy atom. The van der Waals surface area contributed by atoms with Gasteiger partial charge >= 0.3 is 0 Å². The molecule has 5 nitrogen and oxygen atoms in total. The van der Waals surface area contributed by atoms with Crippen LogP contribution in [-0.2, 0) is 0 Å². The Labute approximate surface area is 131 Å². The molecule has 1 aliphatic carbocycles. The number of nitrogens with one attached hydrogen (secondary N) is 1. The standard InChI is InChI=1S/C15H17BrN4O/c16-12-7-4-9-17-14(12)15(21)18-13-8-10-20(19-13)11-5-2-1-3-6-11/h4,7-11H,1-3,5-6H2,(H,18,19,21). The van der Waals surface area contributed by atoms with Gasteiger partial charge in [0.05, 0.1) is 6.04 Å². The van der Waals surface area contributed by atoms with Crippen LogP contribution in [0.2, 0.25) is 0 Å². The Morgan fingerprint density at radius 3 is 2.86 bits per heavy atom. The van der Waals surface area contributed by atoms with Gasteiger partial charge in [-0.3, -0.25) is 9.48 Å². The highest BCUT2D eigenvalue weighted by Crippen LogP contribution is 2.28. The summed E-state index contributed by atoms with van der Waals surface area (Å²) in [6, 6.07) is 5.87. The average Bonchev–Trinajstić information content (AvgIpc) is 2.97. The predicted octanol–water partition coefficient (Wildman–Crippen LogP) is 3.80. The molecular weight excluding hydrogens is 332 g/mol. The monoisotopic (exact) mass is 348 g/mol.